The van der Waals surface area contributed by atoms with Crippen molar-refractivity contribution in [2.24, 2.45) is 5.73 Å². The van der Waals surface area contributed by atoms with Gasteiger partial charge in [-0.25, -0.2) is 4.39 Å². The molecule has 2 atom stereocenters. The lowest BCUT2D eigenvalue weighted by atomic mass is 10.1. The van der Waals surface area contributed by atoms with E-state index in [9.17, 15) is 8.60 Å². The first-order valence-corrected chi connectivity index (χ1v) is 7.69. The summed E-state index contributed by atoms with van der Waals surface area (Å²) in [5.74, 6) is 0.214. The second-order valence-electron chi connectivity index (χ2n) is 4.17. The molecule has 0 fully saturated rings. The van der Waals surface area contributed by atoms with Crippen molar-refractivity contribution in [1.82, 2.24) is 0 Å². The van der Waals surface area contributed by atoms with Gasteiger partial charge in [-0.2, -0.15) is 0 Å². The summed E-state index contributed by atoms with van der Waals surface area (Å²) < 4.78 is 24.7. The number of nitrogens with two attached hydrogens (primary N) is 1. The summed E-state index contributed by atoms with van der Waals surface area (Å²) >= 11 is 4.78. The molecular formula is C12H17FN2OS2. The zero-order chi connectivity index (χ0) is 13.7. The van der Waals surface area contributed by atoms with Gasteiger partial charge in [0.1, 0.15) is 10.8 Å². The fraction of sp³-hybridized carbons (Fsp3) is 0.417. The molecule has 0 aliphatic heterocycles. The Bertz CT molecular complexity index is 465. The molecule has 0 heterocycles. The molecule has 1 aromatic carbocycles. The van der Waals surface area contributed by atoms with Gasteiger partial charge in [0.05, 0.1) is 5.69 Å². The second-order valence-corrected chi connectivity index (χ2v) is 6.16. The Morgan fingerprint density at radius 2 is 2.28 bits per heavy atom. The van der Waals surface area contributed by atoms with Crippen LogP contribution in [0.2, 0.25) is 0 Å². The SMILES string of the molecule is CC(CCS(C)=O)Nc1ccc(C(N)=S)cc1F. The fourth-order valence-corrected chi connectivity index (χ4v) is 2.28. The van der Waals surface area contributed by atoms with Gasteiger partial charge in [-0.15, -0.1) is 0 Å². The van der Waals surface area contributed by atoms with Crippen molar-refractivity contribution >= 4 is 33.7 Å². The first kappa shape index (κ1) is 15.0. The van der Waals surface area contributed by atoms with Gasteiger partial charge in [0, 0.05) is 34.4 Å². The van der Waals surface area contributed by atoms with Gasteiger partial charge in [0.15, 0.2) is 0 Å². The fourth-order valence-electron chi connectivity index (χ4n) is 1.47. The van der Waals surface area contributed by atoms with E-state index in [0.29, 0.717) is 17.0 Å². The maximum atomic E-state index is 13.7. The molecule has 18 heavy (non-hydrogen) atoms. The zero-order valence-corrected chi connectivity index (χ0v) is 12.0. The predicted octanol–water partition coefficient (Wildman–Crippen LogP) is 2.03. The van der Waals surface area contributed by atoms with E-state index in [0.717, 1.165) is 6.42 Å². The lowest BCUT2D eigenvalue weighted by Gasteiger charge is -2.15. The van der Waals surface area contributed by atoms with Gasteiger partial charge in [0.25, 0.3) is 0 Å². The third-order valence-electron chi connectivity index (χ3n) is 2.49. The number of thiocarbonyl (C=S) groups is 1. The van der Waals surface area contributed by atoms with E-state index in [1.54, 1.807) is 18.4 Å². The van der Waals surface area contributed by atoms with Crippen LogP contribution in [-0.2, 0) is 10.8 Å². The molecule has 1 aromatic rings. The monoisotopic (exact) mass is 288 g/mol. The van der Waals surface area contributed by atoms with E-state index in [1.165, 1.54) is 6.07 Å². The summed E-state index contributed by atoms with van der Waals surface area (Å²) in [6.07, 6.45) is 2.38. The van der Waals surface area contributed by atoms with E-state index in [2.05, 4.69) is 5.32 Å². The molecule has 1 rings (SSSR count). The van der Waals surface area contributed by atoms with Crippen LogP contribution >= 0.6 is 12.2 Å². The molecule has 0 amide bonds. The van der Waals surface area contributed by atoms with Crippen molar-refractivity contribution in [1.29, 1.82) is 0 Å². The highest BCUT2D eigenvalue weighted by Crippen LogP contribution is 2.17. The molecule has 6 heteroatoms. The highest BCUT2D eigenvalue weighted by molar-refractivity contribution is 7.84. The molecule has 0 radical (unpaired) electrons. The maximum absolute atomic E-state index is 13.7. The van der Waals surface area contributed by atoms with Crippen LogP contribution < -0.4 is 11.1 Å². The third-order valence-corrected chi connectivity index (χ3v) is 3.54. The molecule has 3 N–H and O–H groups in total. The van der Waals surface area contributed by atoms with Crippen molar-refractivity contribution in [3.8, 4) is 0 Å². The summed E-state index contributed by atoms with van der Waals surface area (Å²) in [7, 11) is -0.827. The largest absolute Gasteiger partial charge is 0.389 e. The van der Waals surface area contributed by atoms with Crippen LogP contribution in [0.1, 0.15) is 18.9 Å². The number of benzene rings is 1. The highest BCUT2D eigenvalue weighted by atomic mass is 32.2. The number of hydrogen-bond donors (Lipinski definition) is 2. The maximum Gasteiger partial charge on any atom is 0.146 e. The Labute approximate surface area is 114 Å². The summed E-state index contributed by atoms with van der Waals surface area (Å²) in [6, 6.07) is 4.66. The van der Waals surface area contributed by atoms with Gasteiger partial charge in [0.2, 0.25) is 0 Å². The van der Waals surface area contributed by atoms with Gasteiger partial charge in [-0.3, -0.25) is 4.21 Å². The summed E-state index contributed by atoms with van der Waals surface area (Å²) in [6.45, 7) is 1.92. The van der Waals surface area contributed by atoms with Crippen LogP contribution in [0.3, 0.4) is 0 Å². The zero-order valence-electron chi connectivity index (χ0n) is 10.4. The summed E-state index contributed by atoms with van der Waals surface area (Å²) in [5, 5.41) is 3.04. The lowest BCUT2D eigenvalue weighted by Crippen LogP contribution is -2.19. The Balaban J connectivity index is 2.67. The average Bonchev–Trinajstić information content (AvgIpc) is 2.29. The molecular weight excluding hydrogens is 271 g/mol. The lowest BCUT2D eigenvalue weighted by molar-refractivity contribution is 0.624. The van der Waals surface area contributed by atoms with Crippen LogP contribution in [0.5, 0.6) is 0 Å². The van der Waals surface area contributed by atoms with Crippen molar-refractivity contribution in [2.45, 2.75) is 19.4 Å². The van der Waals surface area contributed by atoms with E-state index in [4.69, 9.17) is 18.0 Å². The molecule has 0 aromatic heterocycles. The molecule has 100 valence electrons. The molecule has 2 unspecified atom stereocenters. The third kappa shape index (κ3) is 4.70. The van der Waals surface area contributed by atoms with Crippen molar-refractivity contribution < 1.29 is 8.60 Å². The highest BCUT2D eigenvalue weighted by Gasteiger charge is 2.08. The molecule has 0 aliphatic rings. The van der Waals surface area contributed by atoms with Crippen LogP contribution in [0.15, 0.2) is 18.2 Å². The normalized spacial score (nSPS) is 13.9. The van der Waals surface area contributed by atoms with E-state index in [1.807, 2.05) is 6.92 Å². The number of anilines is 1. The molecule has 0 saturated carbocycles. The van der Waals surface area contributed by atoms with Gasteiger partial charge < -0.3 is 11.1 Å². The first-order valence-electron chi connectivity index (χ1n) is 5.56. The number of hydrogen-bond acceptors (Lipinski definition) is 3. The summed E-state index contributed by atoms with van der Waals surface area (Å²) in [5.41, 5.74) is 6.34. The van der Waals surface area contributed by atoms with Crippen LogP contribution in [-0.4, -0.2) is 27.2 Å². The number of rotatable bonds is 6. The van der Waals surface area contributed by atoms with Crippen LogP contribution in [0.25, 0.3) is 0 Å². The minimum atomic E-state index is -0.827. The van der Waals surface area contributed by atoms with E-state index < -0.39 is 10.8 Å². The van der Waals surface area contributed by atoms with Gasteiger partial charge >= 0.3 is 0 Å². The Morgan fingerprint density at radius 1 is 1.61 bits per heavy atom. The molecule has 0 aliphatic carbocycles. The first-order chi connectivity index (χ1) is 8.40. The smallest absolute Gasteiger partial charge is 0.146 e. The standard InChI is InChI=1S/C12H17FN2OS2/c1-8(5-6-18(2)16)15-11-4-3-9(12(14)17)7-10(11)13/h3-4,7-8,15H,5-6H2,1-2H3,(H2,14,17). The molecule has 0 bridgehead atoms. The topological polar surface area (TPSA) is 55.1 Å². The Morgan fingerprint density at radius 3 is 2.78 bits per heavy atom. The van der Waals surface area contributed by atoms with E-state index in [-0.39, 0.29) is 16.8 Å². The predicted molar refractivity (Wildman–Crippen MR) is 78.9 cm³/mol. The number of nitrogens with one attached hydrogen (secondary N) is 1. The molecule has 0 saturated heterocycles. The average molecular weight is 288 g/mol. The van der Waals surface area contributed by atoms with Crippen molar-refractivity contribution in [2.75, 3.05) is 17.3 Å². The quantitative estimate of drug-likeness (QED) is 0.787. The molecule has 3 nitrogen and oxygen atoms in total. The Hall–Kier alpha value is -1.01. The number of halogens is 1. The van der Waals surface area contributed by atoms with Crippen LogP contribution in [0, 0.1) is 5.82 Å². The second kappa shape index (κ2) is 6.80. The minimum absolute atomic E-state index is 0.0547. The van der Waals surface area contributed by atoms with Crippen LogP contribution in [0.4, 0.5) is 10.1 Å². The van der Waals surface area contributed by atoms with Gasteiger partial charge in [-0.1, -0.05) is 12.2 Å². The Kier molecular flexibility index (Phi) is 5.68. The minimum Gasteiger partial charge on any atom is -0.389 e. The van der Waals surface area contributed by atoms with Crippen molar-refractivity contribution in [3.63, 3.8) is 0 Å². The molecule has 0 spiro atoms. The summed E-state index contributed by atoms with van der Waals surface area (Å²) in [4.78, 5) is 0.176. The van der Waals surface area contributed by atoms with Crippen molar-refractivity contribution in [3.05, 3.63) is 29.6 Å². The van der Waals surface area contributed by atoms with Gasteiger partial charge in [-0.05, 0) is 31.5 Å². The van der Waals surface area contributed by atoms with E-state index >= 15 is 0 Å².